The van der Waals surface area contributed by atoms with Gasteiger partial charge in [0, 0.05) is 6.07 Å². The summed E-state index contributed by atoms with van der Waals surface area (Å²) in [6.45, 7) is 3.72. The third-order valence-electron chi connectivity index (χ3n) is 3.41. The predicted molar refractivity (Wildman–Crippen MR) is 85.3 cm³/mol. The molecule has 25 heavy (non-hydrogen) atoms. The largest absolute Gasteiger partial charge is 0.456 e. The first-order chi connectivity index (χ1) is 11.6. The second-order valence-corrected chi connectivity index (χ2v) is 6.31. The first kappa shape index (κ1) is 17.2. The Hall–Kier alpha value is -2.61. The van der Waals surface area contributed by atoms with E-state index < -0.39 is 17.5 Å². The van der Waals surface area contributed by atoms with Crippen molar-refractivity contribution >= 4 is 11.0 Å². The van der Waals surface area contributed by atoms with E-state index in [1.165, 1.54) is 6.07 Å². The average molecular weight is 351 g/mol. The summed E-state index contributed by atoms with van der Waals surface area (Å²) in [5.74, 6) is 0.632. The minimum atomic E-state index is -4.49. The van der Waals surface area contributed by atoms with Gasteiger partial charge in [0.05, 0.1) is 35.7 Å². The fourth-order valence-corrected chi connectivity index (χ4v) is 2.39. The van der Waals surface area contributed by atoms with Gasteiger partial charge in [-0.15, -0.1) is 0 Å². The number of alkyl halides is 3. The molecule has 0 aliphatic carbocycles. The molecule has 0 aliphatic rings. The van der Waals surface area contributed by atoms with Crippen LogP contribution in [-0.2, 0) is 12.7 Å². The number of benzene rings is 1. The molecule has 0 saturated carbocycles. The van der Waals surface area contributed by atoms with E-state index in [4.69, 9.17) is 4.74 Å². The molecule has 1 aromatic carbocycles. The van der Waals surface area contributed by atoms with Gasteiger partial charge in [-0.25, -0.2) is 9.97 Å². The van der Waals surface area contributed by atoms with Crippen molar-refractivity contribution in [3.05, 3.63) is 48.5 Å². The molecule has 0 bridgehead atoms. The van der Waals surface area contributed by atoms with Gasteiger partial charge in [0.2, 0.25) is 0 Å². The van der Waals surface area contributed by atoms with E-state index in [1.54, 1.807) is 42.9 Å². The van der Waals surface area contributed by atoms with Crippen LogP contribution in [0.25, 0.3) is 11.0 Å². The molecule has 0 unspecified atom stereocenters. The Balaban J connectivity index is 1.85. The number of ether oxygens (including phenoxy) is 1. The predicted octanol–water partition coefficient (Wildman–Crippen LogP) is 4.01. The number of hydrogen-bond acceptors (Lipinski definition) is 4. The molecule has 5 nitrogen and oxygen atoms in total. The average Bonchev–Trinajstić information content (AvgIpc) is 2.88. The minimum absolute atomic E-state index is 0.195. The van der Waals surface area contributed by atoms with E-state index in [2.05, 4.69) is 9.97 Å². The Morgan fingerprint density at radius 2 is 1.80 bits per heavy atom. The maximum absolute atomic E-state index is 12.5. The van der Waals surface area contributed by atoms with Gasteiger partial charge in [-0.1, -0.05) is 0 Å². The van der Waals surface area contributed by atoms with Crippen molar-refractivity contribution in [2.24, 2.45) is 0 Å². The number of pyridine rings is 1. The molecule has 2 heterocycles. The highest BCUT2D eigenvalue weighted by atomic mass is 19.4. The molecule has 3 aromatic rings. The van der Waals surface area contributed by atoms with Crippen molar-refractivity contribution in [1.82, 2.24) is 14.5 Å². The standard InChI is InChI=1S/C17H16F3N3O2/c1-16(2,24)9-23-10-22-13-5-3-11(7-14(13)23)25-12-4-6-15(21-8-12)17(18,19)20/h3-8,10,24H,9H2,1-2H3. The van der Waals surface area contributed by atoms with Gasteiger partial charge in [0.15, 0.2) is 0 Å². The van der Waals surface area contributed by atoms with Gasteiger partial charge < -0.3 is 14.4 Å². The molecular weight excluding hydrogens is 335 g/mol. The first-order valence-electron chi connectivity index (χ1n) is 7.50. The molecule has 0 atom stereocenters. The van der Waals surface area contributed by atoms with Crippen LogP contribution < -0.4 is 4.74 Å². The van der Waals surface area contributed by atoms with Crippen molar-refractivity contribution in [2.45, 2.75) is 32.2 Å². The summed E-state index contributed by atoms with van der Waals surface area (Å²) >= 11 is 0. The monoisotopic (exact) mass is 351 g/mol. The Labute approximate surface area is 141 Å². The molecule has 0 amide bonds. The Bertz CT molecular complexity index is 881. The molecule has 2 aromatic heterocycles. The molecule has 0 radical (unpaired) electrons. The van der Waals surface area contributed by atoms with E-state index in [9.17, 15) is 18.3 Å². The van der Waals surface area contributed by atoms with Gasteiger partial charge in [-0.05, 0) is 38.1 Å². The maximum Gasteiger partial charge on any atom is 0.433 e. The zero-order valence-corrected chi connectivity index (χ0v) is 13.6. The zero-order valence-electron chi connectivity index (χ0n) is 13.6. The molecule has 3 rings (SSSR count). The number of halogens is 3. The SMILES string of the molecule is CC(C)(O)Cn1cnc2ccc(Oc3ccc(C(F)(F)F)nc3)cc21. The lowest BCUT2D eigenvalue weighted by atomic mass is 10.1. The maximum atomic E-state index is 12.5. The number of nitrogens with zero attached hydrogens (tertiary/aromatic N) is 3. The highest BCUT2D eigenvalue weighted by Crippen LogP contribution is 2.30. The van der Waals surface area contributed by atoms with E-state index >= 15 is 0 Å². The molecule has 0 fully saturated rings. The topological polar surface area (TPSA) is 60.2 Å². The summed E-state index contributed by atoms with van der Waals surface area (Å²) in [7, 11) is 0. The van der Waals surface area contributed by atoms with E-state index in [1.807, 2.05) is 0 Å². The Morgan fingerprint density at radius 3 is 2.40 bits per heavy atom. The molecule has 0 aliphatic heterocycles. The third-order valence-corrected chi connectivity index (χ3v) is 3.41. The Morgan fingerprint density at radius 1 is 1.08 bits per heavy atom. The molecular formula is C17H16F3N3O2. The smallest absolute Gasteiger partial charge is 0.433 e. The molecule has 0 saturated heterocycles. The van der Waals surface area contributed by atoms with Gasteiger partial charge >= 0.3 is 6.18 Å². The van der Waals surface area contributed by atoms with Crippen LogP contribution in [0.2, 0.25) is 0 Å². The van der Waals surface area contributed by atoms with Crippen molar-refractivity contribution in [2.75, 3.05) is 0 Å². The third kappa shape index (κ3) is 4.08. The lowest BCUT2D eigenvalue weighted by Gasteiger charge is -2.18. The second kappa shape index (κ2) is 6.03. The summed E-state index contributed by atoms with van der Waals surface area (Å²) in [4.78, 5) is 7.61. The fraction of sp³-hybridized carbons (Fsp3) is 0.294. The number of aliphatic hydroxyl groups is 1. The van der Waals surface area contributed by atoms with Crippen LogP contribution in [0.1, 0.15) is 19.5 Å². The molecule has 132 valence electrons. The van der Waals surface area contributed by atoms with Crippen LogP contribution in [0.5, 0.6) is 11.5 Å². The van der Waals surface area contributed by atoms with Crippen LogP contribution in [-0.4, -0.2) is 25.2 Å². The van der Waals surface area contributed by atoms with Gasteiger partial charge in [0.1, 0.15) is 17.2 Å². The lowest BCUT2D eigenvalue weighted by Crippen LogP contribution is -2.25. The van der Waals surface area contributed by atoms with Crippen molar-refractivity contribution in [1.29, 1.82) is 0 Å². The van der Waals surface area contributed by atoms with Crippen molar-refractivity contribution in [3.8, 4) is 11.5 Å². The highest BCUT2D eigenvalue weighted by molar-refractivity contribution is 5.77. The first-order valence-corrected chi connectivity index (χ1v) is 7.50. The summed E-state index contributed by atoms with van der Waals surface area (Å²) in [5.41, 5.74) is -0.415. The van der Waals surface area contributed by atoms with E-state index in [-0.39, 0.29) is 5.75 Å². The van der Waals surface area contributed by atoms with Crippen molar-refractivity contribution in [3.63, 3.8) is 0 Å². The van der Waals surface area contributed by atoms with E-state index in [0.29, 0.717) is 12.3 Å². The fourth-order valence-electron chi connectivity index (χ4n) is 2.39. The number of fused-ring (bicyclic) bond motifs is 1. The summed E-state index contributed by atoms with van der Waals surface area (Å²) in [6, 6.07) is 7.21. The normalized spacial score (nSPS) is 12.6. The summed E-state index contributed by atoms with van der Waals surface area (Å²) in [5, 5.41) is 9.97. The lowest BCUT2D eigenvalue weighted by molar-refractivity contribution is -0.141. The molecule has 1 N–H and O–H groups in total. The number of rotatable bonds is 4. The molecule has 8 heteroatoms. The van der Waals surface area contributed by atoms with Crippen LogP contribution in [0.15, 0.2) is 42.9 Å². The van der Waals surface area contributed by atoms with Gasteiger partial charge in [-0.2, -0.15) is 13.2 Å². The highest BCUT2D eigenvalue weighted by Gasteiger charge is 2.32. The van der Waals surface area contributed by atoms with Crippen LogP contribution in [0.3, 0.4) is 0 Å². The summed E-state index contributed by atoms with van der Waals surface area (Å²) in [6.07, 6.45) is -1.84. The Kier molecular flexibility index (Phi) is 4.16. The zero-order chi connectivity index (χ0) is 18.2. The number of hydrogen-bond donors (Lipinski definition) is 1. The van der Waals surface area contributed by atoms with Gasteiger partial charge in [-0.3, -0.25) is 0 Å². The van der Waals surface area contributed by atoms with Crippen LogP contribution in [0, 0.1) is 0 Å². The quantitative estimate of drug-likeness (QED) is 0.771. The summed E-state index contributed by atoms with van der Waals surface area (Å²) < 4.78 is 45.0. The van der Waals surface area contributed by atoms with E-state index in [0.717, 1.165) is 23.3 Å². The minimum Gasteiger partial charge on any atom is -0.456 e. The number of aromatic nitrogens is 3. The van der Waals surface area contributed by atoms with Crippen LogP contribution >= 0.6 is 0 Å². The second-order valence-electron chi connectivity index (χ2n) is 6.31. The van der Waals surface area contributed by atoms with Crippen molar-refractivity contribution < 1.29 is 23.0 Å². The molecule has 0 spiro atoms. The van der Waals surface area contributed by atoms with Crippen LogP contribution in [0.4, 0.5) is 13.2 Å². The number of imidazole rings is 1. The van der Waals surface area contributed by atoms with Gasteiger partial charge in [0.25, 0.3) is 0 Å².